The molecule has 1 aliphatic heterocycles. The molecule has 0 spiro atoms. The number of likely N-dealkylation sites (tertiary alicyclic amines) is 1. The van der Waals surface area contributed by atoms with Crippen molar-refractivity contribution in [3.8, 4) is 0 Å². The summed E-state index contributed by atoms with van der Waals surface area (Å²) in [5, 5.41) is 0. The summed E-state index contributed by atoms with van der Waals surface area (Å²) in [6.07, 6.45) is 3.95. The SMILES string of the molecule is CCCN1CCC[C@@H](CCl)C1. The van der Waals surface area contributed by atoms with Gasteiger partial charge in [-0.3, -0.25) is 0 Å². The minimum atomic E-state index is 0.761. The van der Waals surface area contributed by atoms with E-state index in [0.29, 0.717) is 0 Å². The molecule has 0 aromatic carbocycles. The summed E-state index contributed by atoms with van der Waals surface area (Å²) in [6, 6.07) is 0. The molecule has 1 saturated heterocycles. The van der Waals surface area contributed by atoms with E-state index in [1.165, 1.54) is 38.9 Å². The number of rotatable bonds is 3. The Bertz CT molecular complexity index is 104. The fraction of sp³-hybridized carbons (Fsp3) is 1.00. The van der Waals surface area contributed by atoms with Crippen LogP contribution in [0.2, 0.25) is 0 Å². The van der Waals surface area contributed by atoms with Crippen molar-refractivity contribution in [3.05, 3.63) is 0 Å². The van der Waals surface area contributed by atoms with Crippen molar-refractivity contribution < 1.29 is 0 Å². The van der Waals surface area contributed by atoms with Crippen molar-refractivity contribution in [2.75, 3.05) is 25.5 Å². The number of hydrogen-bond acceptors (Lipinski definition) is 1. The van der Waals surface area contributed by atoms with Crippen LogP contribution in [0.4, 0.5) is 0 Å². The Hall–Kier alpha value is 0.250. The summed E-state index contributed by atoms with van der Waals surface area (Å²) >= 11 is 5.82. The van der Waals surface area contributed by atoms with Crippen LogP contribution in [0.15, 0.2) is 0 Å². The number of hydrogen-bond donors (Lipinski definition) is 0. The maximum Gasteiger partial charge on any atom is 0.0263 e. The van der Waals surface area contributed by atoms with Gasteiger partial charge in [-0.25, -0.2) is 0 Å². The van der Waals surface area contributed by atoms with Crippen molar-refractivity contribution in [2.24, 2.45) is 5.92 Å². The summed E-state index contributed by atoms with van der Waals surface area (Å²) < 4.78 is 0. The van der Waals surface area contributed by atoms with E-state index in [9.17, 15) is 0 Å². The van der Waals surface area contributed by atoms with Crippen LogP contribution in [0.1, 0.15) is 26.2 Å². The normalized spacial score (nSPS) is 27.3. The van der Waals surface area contributed by atoms with Gasteiger partial charge in [0.15, 0.2) is 0 Å². The van der Waals surface area contributed by atoms with Gasteiger partial charge in [-0.2, -0.15) is 0 Å². The van der Waals surface area contributed by atoms with Gasteiger partial charge in [0.25, 0.3) is 0 Å². The van der Waals surface area contributed by atoms with Crippen LogP contribution in [0.3, 0.4) is 0 Å². The second-order valence-electron chi connectivity index (χ2n) is 3.46. The molecule has 0 aliphatic carbocycles. The van der Waals surface area contributed by atoms with E-state index in [2.05, 4.69) is 11.8 Å². The molecule has 1 heterocycles. The third-order valence-electron chi connectivity index (χ3n) is 2.36. The van der Waals surface area contributed by atoms with Gasteiger partial charge in [-0.05, 0) is 38.3 Å². The van der Waals surface area contributed by atoms with Crippen molar-refractivity contribution in [1.82, 2.24) is 4.90 Å². The molecule has 1 fully saturated rings. The summed E-state index contributed by atoms with van der Waals surface area (Å²) in [5.41, 5.74) is 0. The third-order valence-corrected chi connectivity index (χ3v) is 2.80. The molecular formula is C9H18ClN. The third kappa shape index (κ3) is 3.00. The predicted molar refractivity (Wildman–Crippen MR) is 50.2 cm³/mol. The van der Waals surface area contributed by atoms with Gasteiger partial charge in [0, 0.05) is 12.4 Å². The molecule has 1 rings (SSSR count). The lowest BCUT2D eigenvalue weighted by Gasteiger charge is -2.31. The first kappa shape index (κ1) is 9.34. The standard InChI is InChI=1S/C9H18ClN/c1-2-5-11-6-3-4-9(7-10)8-11/h9H,2-8H2,1H3/t9-/m0/s1. The number of piperidine rings is 1. The van der Waals surface area contributed by atoms with Crippen LogP contribution in [0.5, 0.6) is 0 Å². The molecule has 0 aromatic heterocycles. The van der Waals surface area contributed by atoms with Gasteiger partial charge in [0.1, 0.15) is 0 Å². The Balaban J connectivity index is 2.21. The van der Waals surface area contributed by atoms with Crippen LogP contribution in [-0.2, 0) is 0 Å². The topological polar surface area (TPSA) is 3.24 Å². The van der Waals surface area contributed by atoms with E-state index in [1.54, 1.807) is 0 Å². The largest absolute Gasteiger partial charge is 0.303 e. The Labute approximate surface area is 74.7 Å². The summed E-state index contributed by atoms with van der Waals surface area (Å²) in [4.78, 5) is 2.54. The molecule has 0 radical (unpaired) electrons. The maximum atomic E-state index is 5.82. The second kappa shape index (κ2) is 5.00. The average Bonchev–Trinajstić information content (AvgIpc) is 2.06. The minimum Gasteiger partial charge on any atom is -0.303 e. The highest BCUT2D eigenvalue weighted by Gasteiger charge is 2.17. The van der Waals surface area contributed by atoms with Crippen molar-refractivity contribution in [1.29, 1.82) is 0 Å². The van der Waals surface area contributed by atoms with Crippen molar-refractivity contribution >= 4 is 11.6 Å². The number of halogens is 1. The first-order valence-electron chi connectivity index (χ1n) is 4.65. The van der Waals surface area contributed by atoms with Crippen LogP contribution in [0, 0.1) is 5.92 Å². The lowest BCUT2D eigenvalue weighted by atomic mass is 10.00. The molecule has 2 heteroatoms. The fourth-order valence-corrected chi connectivity index (χ4v) is 2.05. The maximum absolute atomic E-state index is 5.82. The smallest absolute Gasteiger partial charge is 0.0263 e. The number of alkyl halides is 1. The van der Waals surface area contributed by atoms with E-state index < -0.39 is 0 Å². The molecule has 66 valence electrons. The molecule has 0 aromatic rings. The summed E-state index contributed by atoms with van der Waals surface area (Å²) in [5.74, 6) is 1.61. The molecule has 0 amide bonds. The highest BCUT2D eigenvalue weighted by atomic mass is 35.5. The second-order valence-corrected chi connectivity index (χ2v) is 3.77. The molecular weight excluding hydrogens is 158 g/mol. The monoisotopic (exact) mass is 175 g/mol. The minimum absolute atomic E-state index is 0.761. The van der Waals surface area contributed by atoms with Gasteiger partial charge >= 0.3 is 0 Å². The molecule has 1 atom stereocenters. The highest BCUT2D eigenvalue weighted by Crippen LogP contribution is 2.17. The van der Waals surface area contributed by atoms with Gasteiger partial charge in [0.05, 0.1) is 0 Å². The first-order chi connectivity index (χ1) is 5.36. The van der Waals surface area contributed by atoms with E-state index in [-0.39, 0.29) is 0 Å². The van der Waals surface area contributed by atoms with E-state index in [4.69, 9.17) is 11.6 Å². The molecule has 11 heavy (non-hydrogen) atoms. The fourth-order valence-electron chi connectivity index (χ4n) is 1.80. The Kier molecular flexibility index (Phi) is 4.24. The lowest BCUT2D eigenvalue weighted by molar-refractivity contribution is 0.186. The molecule has 1 nitrogen and oxygen atoms in total. The molecule has 0 saturated carbocycles. The van der Waals surface area contributed by atoms with E-state index >= 15 is 0 Å². The van der Waals surface area contributed by atoms with E-state index in [1.807, 2.05) is 0 Å². The summed E-state index contributed by atoms with van der Waals surface area (Å²) in [7, 11) is 0. The molecule has 1 aliphatic rings. The van der Waals surface area contributed by atoms with Gasteiger partial charge in [-0.15, -0.1) is 11.6 Å². The lowest BCUT2D eigenvalue weighted by Crippen LogP contribution is -2.36. The van der Waals surface area contributed by atoms with Gasteiger partial charge in [0.2, 0.25) is 0 Å². The van der Waals surface area contributed by atoms with Crippen LogP contribution in [-0.4, -0.2) is 30.4 Å². The average molecular weight is 176 g/mol. The quantitative estimate of drug-likeness (QED) is 0.596. The van der Waals surface area contributed by atoms with Crippen molar-refractivity contribution in [3.63, 3.8) is 0 Å². The zero-order valence-electron chi connectivity index (χ0n) is 7.35. The highest BCUT2D eigenvalue weighted by molar-refractivity contribution is 6.18. The molecule has 0 bridgehead atoms. The number of nitrogens with zero attached hydrogens (tertiary/aromatic N) is 1. The van der Waals surface area contributed by atoms with Crippen LogP contribution >= 0.6 is 11.6 Å². The zero-order valence-corrected chi connectivity index (χ0v) is 8.11. The van der Waals surface area contributed by atoms with Gasteiger partial charge < -0.3 is 4.90 Å². The Morgan fingerprint density at radius 2 is 2.36 bits per heavy atom. The summed E-state index contributed by atoms with van der Waals surface area (Å²) in [6.45, 7) is 6.02. The molecule has 0 N–H and O–H groups in total. The van der Waals surface area contributed by atoms with Gasteiger partial charge in [-0.1, -0.05) is 6.92 Å². The van der Waals surface area contributed by atoms with Crippen LogP contribution < -0.4 is 0 Å². The Morgan fingerprint density at radius 3 is 3.00 bits per heavy atom. The molecule has 0 unspecified atom stereocenters. The first-order valence-corrected chi connectivity index (χ1v) is 5.18. The zero-order chi connectivity index (χ0) is 8.10. The van der Waals surface area contributed by atoms with E-state index in [0.717, 1.165) is 11.8 Å². The Morgan fingerprint density at radius 1 is 1.55 bits per heavy atom. The van der Waals surface area contributed by atoms with Crippen LogP contribution in [0.25, 0.3) is 0 Å². The predicted octanol–water partition coefficient (Wildman–Crippen LogP) is 2.35. The van der Waals surface area contributed by atoms with Crippen molar-refractivity contribution in [2.45, 2.75) is 26.2 Å².